The number of thiophene rings is 1. The molecule has 3 amide bonds. The lowest BCUT2D eigenvalue weighted by molar-refractivity contribution is -0.152. The number of amides is 3. The highest BCUT2D eigenvalue weighted by atomic mass is 35.5. The first-order chi connectivity index (χ1) is 20.3. The van der Waals surface area contributed by atoms with Crippen LogP contribution >= 0.6 is 57.7 Å². The van der Waals surface area contributed by atoms with Gasteiger partial charge in [-0.25, -0.2) is 9.59 Å². The van der Waals surface area contributed by atoms with Crippen LogP contribution in [0.3, 0.4) is 0 Å². The van der Waals surface area contributed by atoms with Crippen molar-refractivity contribution in [2.24, 2.45) is 5.92 Å². The number of hydrogen-bond donors (Lipinski definition) is 1. The van der Waals surface area contributed by atoms with Crippen LogP contribution in [0.25, 0.3) is 11.1 Å². The van der Waals surface area contributed by atoms with Crippen LogP contribution in [0.2, 0.25) is 20.1 Å². The molecule has 226 valence electrons. The number of fused-ring (bicyclic) bond motifs is 1. The van der Waals surface area contributed by atoms with Crippen LogP contribution in [-0.4, -0.2) is 53.8 Å². The molecule has 0 unspecified atom stereocenters. The van der Waals surface area contributed by atoms with Gasteiger partial charge in [0.1, 0.15) is 16.6 Å². The number of nitrogens with zero attached hydrogens (tertiary/aromatic N) is 1. The quantitative estimate of drug-likeness (QED) is 0.109. The summed E-state index contributed by atoms with van der Waals surface area (Å²) in [5.41, 5.74) is 1.95. The van der Waals surface area contributed by atoms with E-state index in [0.717, 1.165) is 22.5 Å². The molecule has 0 spiro atoms. The summed E-state index contributed by atoms with van der Waals surface area (Å²) in [6.45, 7) is 6.12. The minimum absolute atomic E-state index is 0.121. The second-order valence-electron chi connectivity index (χ2n) is 9.77. The normalized spacial score (nSPS) is 13.3. The molecule has 4 rings (SSSR count). The Balaban J connectivity index is 1.53. The third kappa shape index (κ3) is 6.25. The minimum atomic E-state index is -1.44. The summed E-state index contributed by atoms with van der Waals surface area (Å²) in [4.78, 5) is 66.2. The van der Waals surface area contributed by atoms with Crippen molar-refractivity contribution in [2.75, 3.05) is 18.5 Å². The van der Waals surface area contributed by atoms with Crippen LogP contribution in [-0.2, 0) is 19.1 Å². The molecule has 1 aromatic heterocycles. The standard InChI is InChI=1S/C29H24Cl4N2O7S/c1-5-41-28(39)17-15(14-8-6-13(4)7-9-14)11-43-25(17)34-16(36)10-42-29(40)24(12(2)3)35-26(37)18-19(27(35)38)21(31)23(33)22(32)20(18)30/h6-9,11-12,24H,5,10H2,1-4H3,(H,34,36)/t24-/m1/s1. The van der Waals surface area contributed by atoms with Gasteiger partial charge in [0.2, 0.25) is 0 Å². The summed E-state index contributed by atoms with van der Waals surface area (Å²) < 4.78 is 10.5. The third-order valence-electron chi connectivity index (χ3n) is 6.52. The first-order valence-corrected chi connectivity index (χ1v) is 15.2. The van der Waals surface area contributed by atoms with Gasteiger partial charge >= 0.3 is 11.9 Å². The van der Waals surface area contributed by atoms with Crippen molar-refractivity contribution >= 4 is 92.4 Å². The van der Waals surface area contributed by atoms with E-state index < -0.39 is 48.2 Å². The summed E-state index contributed by atoms with van der Waals surface area (Å²) in [7, 11) is 0. The molecule has 3 aromatic rings. The van der Waals surface area contributed by atoms with Crippen molar-refractivity contribution in [2.45, 2.75) is 33.7 Å². The zero-order valence-electron chi connectivity index (χ0n) is 23.2. The predicted molar refractivity (Wildman–Crippen MR) is 166 cm³/mol. The summed E-state index contributed by atoms with van der Waals surface area (Å²) in [5.74, 6) is -4.87. The fourth-order valence-electron chi connectivity index (χ4n) is 4.48. The average Bonchev–Trinajstić information content (AvgIpc) is 3.48. The van der Waals surface area contributed by atoms with Crippen LogP contribution in [0.15, 0.2) is 29.6 Å². The molecular formula is C29H24Cl4N2O7S. The molecule has 1 N–H and O–H groups in total. The number of carbonyl (C=O) groups is 5. The number of anilines is 1. The molecule has 0 radical (unpaired) electrons. The van der Waals surface area contributed by atoms with Gasteiger partial charge in [0.15, 0.2) is 6.61 Å². The first kappa shape index (κ1) is 32.8. The predicted octanol–water partition coefficient (Wildman–Crippen LogP) is 7.32. The minimum Gasteiger partial charge on any atom is -0.462 e. The zero-order chi connectivity index (χ0) is 31.7. The van der Waals surface area contributed by atoms with Gasteiger partial charge in [-0.2, -0.15) is 0 Å². The fourth-order valence-corrected chi connectivity index (χ4v) is 6.47. The Morgan fingerprint density at radius 3 is 1.98 bits per heavy atom. The molecule has 0 fully saturated rings. The lowest BCUT2D eigenvalue weighted by Gasteiger charge is -2.27. The fraction of sp³-hybridized carbons (Fsp3) is 0.276. The monoisotopic (exact) mass is 684 g/mol. The number of benzene rings is 2. The molecule has 2 aromatic carbocycles. The highest BCUT2D eigenvalue weighted by Gasteiger charge is 2.48. The summed E-state index contributed by atoms with van der Waals surface area (Å²) in [6.07, 6.45) is 0. The van der Waals surface area contributed by atoms with Crippen LogP contribution in [0.5, 0.6) is 0 Å². The molecule has 1 aliphatic heterocycles. The Morgan fingerprint density at radius 1 is 0.907 bits per heavy atom. The van der Waals surface area contributed by atoms with Gasteiger partial charge < -0.3 is 14.8 Å². The largest absolute Gasteiger partial charge is 0.462 e. The van der Waals surface area contributed by atoms with Gasteiger partial charge in [-0.05, 0) is 25.3 Å². The van der Waals surface area contributed by atoms with E-state index in [4.69, 9.17) is 55.9 Å². The first-order valence-electron chi connectivity index (χ1n) is 12.9. The second kappa shape index (κ2) is 13.2. The van der Waals surface area contributed by atoms with Crippen molar-refractivity contribution in [1.82, 2.24) is 4.90 Å². The topological polar surface area (TPSA) is 119 Å². The summed E-state index contributed by atoms with van der Waals surface area (Å²) >= 11 is 25.7. The van der Waals surface area contributed by atoms with Crippen molar-refractivity contribution < 1.29 is 33.4 Å². The number of aryl methyl sites for hydroxylation is 1. The van der Waals surface area contributed by atoms with Crippen LogP contribution < -0.4 is 5.32 Å². The van der Waals surface area contributed by atoms with Crippen LogP contribution in [0.1, 0.15) is 57.4 Å². The van der Waals surface area contributed by atoms with E-state index in [2.05, 4.69) is 5.32 Å². The smallest absolute Gasteiger partial charge is 0.341 e. The number of esters is 2. The lowest BCUT2D eigenvalue weighted by atomic mass is 10.0. The van der Waals surface area contributed by atoms with Crippen molar-refractivity contribution in [3.63, 3.8) is 0 Å². The SMILES string of the molecule is CCOC(=O)c1c(-c2ccc(C)cc2)csc1NC(=O)COC(=O)[C@@H](C(C)C)N1C(=O)c2c(Cl)c(Cl)c(Cl)c(Cl)c2C1=O. The molecule has 0 aliphatic carbocycles. The van der Waals surface area contributed by atoms with E-state index in [0.29, 0.717) is 10.5 Å². The van der Waals surface area contributed by atoms with Gasteiger partial charge in [-0.15, -0.1) is 11.3 Å². The number of nitrogens with one attached hydrogen (secondary N) is 1. The third-order valence-corrected chi connectivity index (χ3v) is 9.21. The van der Waals surface area contributed by atoms with Crippen molar-refractivity contribution in [3.8, 4) is 11.1 Å². The molecule has 1 aliphatic rings. The van der Waals surface area contributed by atoms with Crippen molar-refractivity contribution in [3.05, 3.63) is 72.0 Å². The molecular weight excluding hydrogens is 662 g/mol. The maximum atomic E-state index is 13.3. The maximum absolute atomic E-state index is 13.3. The molecule has 0 saturated heterocycles. The summed E-state index contributed by atoms with van der Waals surface area (Å²) in [6, 6.07) is 6.05. The van der Waals surface area contributed by atoms with E-state index in [9.17, 15) is 24.0 Å². The Labute approximate surface area is 270 Å². The molecule has 1 atom stereocenters. The number of imide groups is 1. The Bertz CT molecular complexity index is 1610. The Kier molecular flexibility index (Phi) is 10.1. The van der Waals surface area contributed by atoms with E-state index in [1.807, 2.05) is 31.2 Å². The van der Waals surface area contributed by atoms with Gasteiger partial charge in [0.25, 0.3) is 17.7 Å². The van der Waals surface area contributed by atoms with Crippen LogP contribution in [0, 0.1) is 12.8 Å². The molecule has 14 heteroatoms. The van der Waals surface area contributed by atoms with E-state index in [1.54, 1.807) is 26.2 Å². The number of ether oxygens (including phenoxy) is 2. The molecule has 2 heterocycles. The molecule has 0 saturated carbocycles. The maximum Gasteiger partial charge on any atom is 0.341 e. The lowest BCUT2D eigenvalue weighted by Crippen LogP contribution is -2.49. The second-order valence-corrected chi connectivity index (χ2v) is 12.2. The van der Waals surface area contributed by atoms with Crippen LogP contribution in [0.4, 0.5) is 5.00 Å². The van der Waals surface area contributed by atoms with Gasteiger partial charge in [-0.1, -0.05) is 90.1 Å². The Morgan fingerprint density at radius 2 is 1.47 bits per heavy atom. The molecule has 9 nitrogen and oxygen atoms in total. The molecule has 0 bridgehead atoms. The van der Waals surface area contributed by atoms with E-state index in [1.165, 1.54) is 0 Å². The number of hydrogen-bond acceptors (Lipinski definition) is 8. The highest BCUT2D eigenvalue weighted by molar-refractivity contribution is 7.15. The van der Waals surface area contributed by atoms with E-state index in [-0.39, 0.29) is 48.4 Å². The zero-order valence-corrected chi connectivity index (χ0v) is 27.0. The Hall–Kier alpha value is -3.15. The summed E-state index contributed by atoms with van der Waals surface area (Å²) in [5, 5.41) is 3.53. The van der Waals surface area contributed by atoms with Gasteiger partial charge in [-0.3, -0.25) is 19.3 Å². The van der Waals surface area contributed by atoms with Gasteiger partial charge in [0, 0.05) is 10.9 Å². The van der Waals surface area contributed by atoms with E-state index >= 15 is 0 Å². The number of halogens is 4. The molecule has 43 heavy (non-hydrogen) atoms. The highest BCUT2D eigenvalue weighted by Crippen LogP contribution is 2.45. The van der Waals surface area contributed by atoms with Crippen molar-refractivity contribution in [1.29, 1.82) is 0 Å². The van der Waals surface area contributed by atoms with Gasteiger partial charge in [0.05, 0.1) is 37.8 Å². The number of carbonyl (C=O) groups excluding carboxylic acids is 5. The number of rotatable bonds is 9. The average molecular weight is 686 g/mol.